The van der Waals surface area contributed by atoms with Gasteiger partial charge in [-0.15, -0.1) is 0 Å². The van der Waals surface area contributed by atoms with Gasteiger partial charge in [-0.1, -0.05) is 0 Å². The van der Waals surface area contributed by atoms with Gasteiger partial charge in [-0.25, -0.2) is 0 Å². The molecule has 0 saturated carbocycles. The molecule has 0 amide bonds. The van der Waals surface area contributed by atoms with Crippen LogP contribution in [-0.2, 0) is 8.85 Å². The van der Waals surface area contributed by atoms with Crippen molar-refractivity contribution in [3.8, 4) is 0 Å². The Balaban J connectivity index is 5.21. The van der Waals surface area contributed by atoms with Gasteiger partial charge in [0, 0.05) is 0 Å². The average molecular weight is 746 g/mol. The Kier molecular flexibility index (Phi) is 22.9. The summed E-state index contributed by atoms with van der Waals surface area (Å²) >= 11 is -2.35. The molecule has 258 valence electrons. The van der Waals surface area contributed by atoms with Gasteiger partial charge in [0.05, 0.1) is 0 Å². The molecule has 0 radical (unpaired) electrons. The summed E-state index contributed by atoms with van der Waals surface area (Å²) in [5.74, 6) is 0. The molecule has 0 unspecified atom stereocenters. The summed E-state index contributed by atoms with van der Waals surface area (Å²) in [6.07, 6.45) is 24.7. The van der Waals surface area contributed by atoms with Crippen molar-refractivity contribution < 1.29 is 8.85 Å². The number of hydrogen-bond acceptors (Lipinski definition) is 2. The third kappa shape index (κ3) is 18.1. The van der Waals surface area contributed by atoms with E-state index in [0.29, 0.717) is 10.1 Å². The van der Waals surface area contributed by atoms with Crippen molar-refractivity contribution in [1.82, 2.24) is 0 Å². The normalized spacial score (nSPS) is 14.1. The molecular weight excluding hydrogens is 663 g/mol. The maximum absolute atomic E-state index is 6.47. The molecule has 0 saturated heterocycles. The Labute approximate surface area is 279 Å². The van der Waals surface area contributed by atoms with Crippen molar-refractivity contribution in [3.05, 3.63) is 9.67 Å². The van der Waals surface area contributed by atoms with Gasteiger partial charge >= 0.3 is 281 Å². The molecule has 5 heteroatoms. The van der Waals surface area contributed by atoms with E-state index < -0.39 is 35.0 Å². The molecule has 0 fully saturated rings. The third-order valence-corrected chi connectivity index (χ3v) is 36.6. The zero-order valence-corrected chi connectivity index (χ0v) is 37.1. The predicted molar refractivity (Wildman–Crippen MR) is 205 cm³/mol. The minimum absolute atomic E-state index is 0.316. The summed E-state index contributed by atoms with van der Waals surface area (Å²) in [5, 5.41) is 0.634. The third-order valence-electron chi connectivity index (χ3n) is 11.1. The summed E-state index contributed by atoms with van der Waals surface area (Å²) in [7, 11) is -3.20. The summed E-state index contributed by atoms with van der Waals surface area (Å²) in [5.41, 5.74) is 0. The van der Waals surface area contributed by atoms with Gasteiger partial charge in [-0.05, 0) is 0 Å². The first-order chi connectivity index (χ1) is 20.0. The van der Waals surface area contributed by atoms with E-state index in [9.17, 15) is 0 Å². The van der Waals surface area contributed by atoms with Gasteiger partial charge in [0.15, 0.2) is 0 Å². The Bertz CT molecular complexity index is 697. The molecule has 0 aromatic heterocycles. The fraction of sp³-hybridized carbons (Fsp3) is 0.947. The van der Waals surface area contributed by atoms with Gasteiger partial charge in [0.1, 0.15) is 0 Å². The van der Waals surface area contributed by atoms with Crippen LogP contribution in [0.15, 0.2) is 9.67 Å². The standard InChI is InChI=1S/C26H55O2Si2.3C4H9.Sn/c1-25(2,3)29(7,8)27-23-21-19-17-15-13-11-12-14-16-18-20-22-24-28-30(9,10)26(4,5)6;3*1-3-4-2;/h11H,13-24H2,1-10H3;3*1,3-4H2,2H3;. The van der Waals surface area contributed by atoms with E-state index in [0.717, 1.165) is 13.2 Å². The van der Waals surface area contributed by atoms with E-state index in [4.69, 9.17) is 8.85 Å². The molecule has 0 aliphatic rings. The Morgan fingerprint density at radius 2 is 0.907 bits per heavy atom. The number of allylic oxidation sites excluding steroid dienone is 2. The molecule has 0 heterocycles. The molecular formula is C38H82O2Si2Sn. The molecule has 0 atom stereocenters. The van der Waals surface area contributed by atoms with E-state index in [2.05, 4.69) is 98.2 Å². The van der Waals surface area contributed by atoms with Crippen LogP contribution in [-0.4, -0.2) is 48.2 Å². The van der Waals surface area contributed by atoms with Crippen molar-refractivity contribution in [2.45, 2.75) is 215 Å². The number of rotatable bonds is 26. The van der Waals surface area contributed by atoms with Crippen LogP contribution in [0.5, 0.6) is 0 Å². The summed E-state index contributed by atoms with van der Waals surface area (Å²) in [6, 6.07) is 0. The van der Waals surface area contributed by atoms with E-state index >= 15 is 0 Å². The molecule has 0 aliphatic heterocycles. The van der Waals surface area contributed by atoms with Crippen molar-refractivity contribution >= 4 is 35.0 Å². The maximum atomic E-state index is 6.47. The van der Waals surface area contributed by atoms with E-state index in [1.807, 2.05) is 0 Å². The first kappa shape index (κ1) is 43.9. The summed E-state index contributed by atoms with van der Waals surface area (Å²) in [6.45, 7) is 32.8. The fourth-order valence-corrected chi connectivity index (χ4v) is 25.3. The van der Waals surface area contributed by atoms with Crippen LogP contribution in [0, 0.1) is 0 Å². The van der Waals surface area contributed by atoms with E-state index in [-0.39, 0.29) is 0 Å². The molecule has 0 aromatic carbocycles. The molecule has 0 bridgehead atoms. The second kappa shape index (κ2) is 22.5. The zero-order chi connectivity index (χ0) is 33.0. The Hall–Kier alpha value is 0.892. The Morgan fingerprint density at radius 3 is 1.28 bits per heavy atom. The van der Waals surface area contributed by atoms with E-state index in [1.165, 1.54) is 103 Å². The minimum atomic E-state index is -2.35. The van der Waals surface area contributed by atoms with Crippen LogP contribution in [0.3, 0.4) is 0 Å². The molecule has 2 nitrogen and oxygen atoms in total. The average Bonchev–Trinajstić information content (AvgIpc) is 2.91. The van der Waals surface area contributed by atoms with Crippen LogP contribution in [0.2, 0.25) is 49.6 Å². The van der Waals surface area contributed by atoms with Crippen LogP contribution in [0.4, 0.5) is 0 Å². The van der Waals surface area contributed by atoms with Gasteiger partial charge in [0.2, 0.25) is 0 Å². The zero-order valence-electron chi connectivity index (χ0n) is 32.2. The SMILES string of the molecule is CCC[CH2][Sn]([CH2]CCC)([CH2]CCC)/[C](=C\CCCCCCO[Si](C)(C)C(C)(C)C)CCCCCCO[Si](C)(C)C(C)(C)C. The summed E-state index contributed by atoms with van der Waals surface area (Å²) < 4.78 is 19.8. The molecule has 0 N–H and O–H groups in total. The predicted octanol–water partition coefficient (Wildman–Crippen LogP) is 14.2. The van der Waals surface area contributed by atoms with Crippen molar-refractivity contribution in [2.75, 3.05) is 13.2 Å². The van der Waals surface area contributed by atoms with Crippen LogP contribution >= 0.6 is 0 Å². The monoisotopic (exact) mass is 746 g/mol. The molecule has 0 rings (SSSR count). The van der Waals surface area contributed by atoms with Gasteiger partial charge in [-0.3, -0.25) is 0 Å². The Morgan fingerprint density at radius 1 is 0.535 bits per heavy atom. The van der Waals surface area contributed by atoms with Crippen molar-refractivity contribution in [2.24, 2.45) is 0 Å². The van der Waals surface area contributed by atoms with Gasteiger partial charge in [0.25, 0.3) is 0 Å². The van der Waals surface area contributed by atoms with Crippen LogP contribution in [0.25, 0.3) is 0 Å². The van der Waals surface area contributed by atoms with Crippen molar-refractivity contribution in [1.29, 1.82) is 0 Å². The van der Waals surface area contributed by atoms with Crippen LogP contribution < -0.4 is 0 Å². The molecule has 43 heavy (non-hydrogen) atoms. The number of hydrogen-bond donors (Lipinski definition) is 0. The second-order valence-electron chi connectivity index (χ2n) is 16.9. The quantitative estimate of drug-likeness (QED) is 0.0648. The molecule has 0 spiro atoms. The summed E-state index contributed by atoms with van der Waals surface area (Å²) in [4.78, 5) is 0. The number of unbranched alkanes of at least 4 members (excludes halogenated alkanes) is 10. The second-order valence-corrected chi connectivity index (χ2v) is 39.9. The van der Waals surface area contributed by atoms with Gasteiger partial charge < -0.3 is 0 Å². The van der Waals surface area contributed by atoms with Crippen LogP contribution in [0.1, 0.15) is 165 Å². The molecule has 0 aromatic rings. The fourth-order valence-electron chi connectivity index (χ4n) is 5.72. The first-order valence-electron chi connectivity index (χ1n) is 19.0. The molecule has 0 aliphatic carbocycles. The topological polar surface area (TPSA) is 18.5 Å². The first-order valence-corrected chi connectivity index (χ1v) is 32.3. The van der Waals surface area contributed by atoms with E-state index in [1.54, 1.807) is 13.3 Å². The van der Waals surface area contributed by atoms with Gasteiger partial charge in [-0.2, -0.15) is 0 Å². The van der Waals surface area contributed by atoms with Crippen molar-refractivity contribution in [3.63, 3.8) is 0 Å².